The quantitative estimate of drug-likeness (QED) is 0.937. The minimum atomic E-state index is 0.286. The third kappa shape index (κ3) is 2.74. The first kappa shape index (κ1) is 12.5. The molecule has 0 amide bonds. The number of benzene rings is 1. The average molecular weight is 325 g/mol. The van der Waals surface area contributed by atoms with Gasteiger partial charge in [-0.1, -0.05) is 15.9 Å². The summed E-state index contributed by atoms with van der Waals surface area (Å²) in [6.07, 6.45) is 1.72. The number of aryl methyl sites for hydroxylation is 1. The SMILES string of the molecule is Cc1cnc(CNCc2cc3c(cc2Br)OCO3)o1. The maximum absolute atomic E-state index is 5.40. The van der Waals surface area contributed by atoms with Crippen molar-refractivity contribution < 1.29 is 13.9 Å². The smallest absolute Gasteiger partial charge is 0.231 e. The van der Waals surface area contributed by atoms with Gasteiger partial charge in [-0.15, -0.1) is 0 Å². The lowest BCUT2D eigenvalue weighted by molar-refractivity contribution is 0.174. The summed E-state index contributed by atoms with van der Waals surface area (Å²) in [5.41, 5.74) is 1.10. The van der Waals surface area contributed by atoms with E-state index in [1.54, 1.807) is 6.20 Å². The molecule has 0 saturated heterocycles. The molecule has 0 atom stereocenters. The molecule has 1 N–H and O–H groups in total. The normalized spacial score (nSPS) is 12.9. The molecule has 1 aliphatic rings. The first-order valence-electron chi connectivity index (χ1n) is 5.92. The number of halogens is 1. The van der Waals surface area contributed by atoms with E-state index in [0.29, 0.717) is 19.0 Å². The second-order valence-corrected chi connectivity index (χ2v) is 5.12. The number of nitrogens with one attached hydrogen (secondary N) is 1. The highest BCUT2D eigenvalue weighted by Gasteiger charge is 2.16. The Morgan fingerprint density at radius 2 is 2.05 bits per heavy atom. The van der Waals surface area contributed by atoms with Crippen LogP contribution in [0.3, 0.4) is 0 Å². The van der Waals surface area contributed by atoms with E-state index in [-0.39, 0.29) is 6.79 Å². The van der Waals surface area contributed by atoms with Gasteiger partial charge in [-0.25, -0.2) is 4.98 Å². The van der Waals surface area contributed by atoms with E-state index in [0.717, 1.165) is 27.3 Å². The Kier molecular flexibility index (Phi) is 3.44. The van der Waals surface area contributed by atoms with Crippen LogP contribution in [0.1, 0.15) is 17.2 Å². The summed E-state index contributed by atoms with van der Waals surface area (Å²) in [5, 5.41) is 3.28. The summed E-state index contributed by atoms with van der Waals surface area (Å²) in [5.74, 6) is 3.07. The van der Waals surface area contributed by atoms with E-state index in [1.807, 2.05) is 19.1 Å². The Labute approximate surface area is 119 Å². The summed E-state index contributed by atoms with van der Waals surface area (Å²) in [6, 6.07) is 3.90. The highest BCUT2D eigenvalue weighted by Crippen LogP contribution is 2.36. The maximum Gasteiger partial charge on any atom is 0.231 e. The molecule has 0 saturated carbocycles. The molecule has 1 aliphatic heterocycles. The third-order valence-electron chi connectivity index (χ3n) is 2.80. The van der Waals surface area contributed by atoms with E-state index in [1.165, 1.54) is 0 Å². The van der Waals surface area contributed by atoms with E-state index in [4.69, 9.17) is 13.9 Å². The monoisotopic (exact) mass is 324 g/mol. The van der Waals surface area contributed by atoms with Gasteiger partial charge < -0.3 is 19.2 Å². The molecule has 5 nitrogen and oxygen atoms in total. The molecule has 19 heavy (non-hydrogen) atoms. The average Bonchev–Trinajstić information content (AvgIpc) is 2.98. The molecule has 1 aromatic heterocycles. The van der Waals surface area contributed by atoms with Gasteiger partial charge in [0.25, 0.3) is 0 Å². The summed E-state index contributed by atoms with van der Waals surface area (Å²) < 4.78 is 17.1. The van der Waals surface area contributed by atoms with Crippen LogP contribution in [0.5, 0.6) is 11.5 Å². The molecule has 0 fully saturated rings. The Hall–Kier alpha value is -1.53. The highest BCUT2D eigenvalue weighted by molar-refractivity contribution is 9.10. The summed E-state index contributed by atoms with van der Waals surface area (Å²) in [4.78, 5) is 4.14. The number of hydrogen-bond acceptors (Lipinski definition) is 5. The van der Waals surface area contributed by atoms with Gasteiger partial charge >= 0.3 is 0 Å². The van der Waals surface area contributed by atoms with Crippen molar-refractivity contribution in [2.24, 2.45) is 0 Å². The van der Waals surface area contributed by atoms with Crippen LogP contribution in [-0.4, -0.2) is 11.8 Å². The number of fused-ring (bicyclic) bond motifs is 1. The Balaban J connectivity index is 1.64. The minimum Gasteiger partial charge on any atom is -0.454 e. The minimum absolute atomic E-state index is 0.286. The lowest BCUT2D eigenvalue weighted by Crippen LogP contribution is -2.13. The van der Waals surface area contributed by atoms with Crippen LogP contribution in [0.2, 0.25) is 0 Å². The topological polar surface area (TPSA) is 56.5 Å². The number of hydrogen-bond donors (Lipinski definition) is 1. The van der Waals surface area contributed by atoms with Crippen molar-refractivity contribution in [1.82, 2.24) is 10.3 Å². The van der Waals surface area contributed by atoms with Crippen LogP contribution in [0.4, 0.5) is 0 Å². The number of rotatable bonds is 4. The van der Waals surface area contributed by atoms with Gasteiger partial charge in [0.05, 0.1) is 12.7 Å². The molecule has 2 aromatic rings. The largest absolute Gasteiger partial charge is 0.454 e. The fourth-order valence-corrected chi connectivity index (χ4v) is 2.34. The fraction of sp³-hybridized carbons (Fsp3) is 0.308. The number of ether oxygens (including phenoxy) is 2. The van der Waals surface area contributed by atoms with E-state index >= 15 is 0 Å². The lowest BCUT2D eigenvalue weighted by Gasteiger charge is -2.07. The van der Waals surface area contributed by atoms with Gasteiger partial charge in [-0.3, -0.25) is 0 Å². The van der Waals surface area contributed by atoms with E-state index in [9.17, 15) is 0 Å². The van der Waals surface area contributed by atoms with Crippen molar-refractivity contribution in [2.45, 2.75) is 20.0 Å². The predicted octanol–water partition coefficient (Wildman–Crippen LogP) is 2.76. The first-order valence-corrected chi connectivity index (χ1v) is 6.72. The zero-order valence-corrected chi connectivity index (χ0v) is 12.0. The van der Waals surface area contributed by atoms with Gasteiger partial charge in [-0.05, 0) is 24.6 Å². The Bertz CT molecular complexity index is 598. The van der Waals surface area contributed by atoms with Crippen LogP contribution < -0.4 is 14.8 Å². The van der Waals surface area contributed by atoms with Crippen LogP contribution >= 0.6 is 15.9 Å². The predicted molar refractivity (Wildman–Crippen MR) is 72.0 cm³/mol. The third-order valence-corrected chi connectivity index (χ3v) is 3.54. The molecule has 1 aromatic carbocycles. The first-order chi connectivity index (χ1) is 9.22. The van der Waals surface area contributed by atoms with Gasteiger partial charge in [0.1, 0.15) is 5.76 Å². The summed E-state index contributed by atoms with van der Waals surface area (Å²) >= 11 is 3.53. The van der Waals surface area contributed by atoms with E-state index < -0.39 is 0 Å². The molecule has 0 radical (unpaired) electrons. The van der Waals surface area contributed by atoms with Gasteiger partial charge in [0.2, 0.25) is 12.7 Å². The molecule has 3 rings (SSSR count). The van der Waals surface area contributed by atoms with Crippen molar-refractivity contribution in [3.63, 3.8) is 0 Å². The van der Waals surface area contributed by atoms with Crippen LogP contribution in [0, 0.1) is 6.92 Å². The van der Waals surface area contributed by atoms with E-state index in [2.05, 4.69) is 26.2 Å². The lowest BCUT2D eigenvalue weighted by atomic mass is 10.2. The van der Waals surface area contributed by atoms with Crippen LogP contribution in [0.25, 0.3) is 0 Å². The van der Waals surface area contributed by atoms with Gasteiger partial charge in [0, 0.05) is 11.0 Å². The molecule has 2 heterocycles. The highest BCUT2D eigenvalue weighted by atomic mass is 79.9. The van der Waals surface area contributed by atoms with Crippen molar-refractivity contribution in [1.29, 1.82) is 0 Å². The summed E-state index contributed by atoms with van der Waals surface area (Å²) in [7, 11) is 0. The fourth-order valence-electron chi connectivity index (χ4n) is 1.88. The Morgan fingerprint density at radius 1 is 1.26 bits per heavy atom. The van der Waals surface area contributed by atoms with Crippen LogP contribution in [0.15, 0.2) is 27.2 Å². The van der Waals surface area contributed by atoms with Gasteiger partial charge in [0.15, 0.2) is 11.5 Å². The maximum atomic E-state index is 5.40. The molecular weight excluding hydrogens is 312 g/mol. The number of aromatic nitrogens is 1. The number of oxazole rings is 1. The molecule has 0 unspecified atom stereocenters. The molecule has 6 heteroatoms. The van der Waals surface area contributed by atoms with Crippen LogP contribution in [-0.2, 0) is 13.1 Å². The Morgan fingerprint density at radius 3 is 2.79 bits per heavy atom. The molecule has 0 aliphatic carbocycles. The van der Waals surface area contributed by atoms with Crippen molar-refractivity contribution in [2.75, 3.05) is 6.79 Å². The van der Waals surface area contributed by atoms with Crippen molar-refractivity contribution in [3.05, 3.63) is 40.0 Å². The zero-order valence-electron chi connectivity index (χ0n) is 10.4. The zero-order chi connectivity index (χ0) is 13.2. The van der Waals surface area contributed by atoms with Crippen molar-refractivity contribution >= 4 is 15.9 Å². The molecule has 100 valence electrons. The van der Waals surface area contributed by atoms with Crippen molar-refractivity contribution in [3.8, 4) is 11.5 Å². The summed E-state index contributed by atoms with van der Waals surface area (Å²) in [6.45, 7) is 3.45. The standard InChI is InChI=1S/C13H13BrN2O3/c1-8-4-16-13(19-8)6-15-5-9-2-11-12(3-10(9)14)18-7-17-11/h2-4,15H,5-7H2,1H3. The molecule has 0 spiro atoms. The second kappa shape index (κ2) is 5.22. The number of nitrogens with zero attached hydrogens (tertiary/aromatic N) is 1. The van der Waals surface area contributed by atoms with Gasteiger partial charge in [-0.2, -0.15) is 0 Å². The molecular formula is C13H13BrN2O3. The second-order valence-electron chi connectivity index (χ2n) is 4.27. The molecule has 0 bridgehead atoms.